The Morgan fingerprint density at radius 2 is 1.57 bits per heavy atom. The zero-order valence-electron chi connectivity index (χ0n) is 13.4. The van der Waals surface area contributed by atoms with E-state index in [0.29, 0.717) is 0 Å². The molecule has 0 aromatic heterocycles. The number of aliphatic hydroxyl groups is 1. The monoisotopic (exact) mass is 305 g/mol. The van der Waals surface area contributed by atoms with Gasteiger partial charge in [-0.1, -0.05) is 55.0 Å². The fraction of sp³-hybridized carbons (Fsp3) is 0.333. The van der Waals surface area contributed by atoms with E-state index in [1.54, 1.807) is 0 Å². The lowest BCUT2D eigenvalue weighted by Crippen LogP contribution is -2.33. The molecular formula is C21H23NO. The molecule has 0 aliphatic carbocycles. The predicted molar refractivity (Wildman–Crippen MR) is 96.7 cm³/mol. The summed E-state index contributed by atoms with van der Waals surface area (Å²) in [5.41, 5.74) is 1.03. The van der Waals surface area contributed by atoms with Crippen LogP contribution in [0.5, 0.6) is 0 Å². The van der Waals surface area contributed by atoms with Gasteiger partial charge < -0.3 is 10.0 Å². The number of benzene rings is 3. The molecule has 0 spiro atoms. The Balaban J connectivity index is 1.64. The summed E-state index contributed by atoms with van der Waals surface area (Å²) < 4.78 is 0. The summed E-state index contributed by atoms with van der Waals surface area (Å²) in [6, 6.07) is 19.2. The van der Waals surface area contributed by atoms with Crippen LogP contribution in [0.2, 0.25) is 0 Å². The molecule has 118 valence electrons. The summed E-state index contributed by atoms with van der Waals surface area (Å²) in [4.78, 5) is 2.39. The van der Waals surface area contributed by atoms with Gasteiger partial charge in [-0.25, -0.2) is 0 Å². The number of rotatable bonds is 3. The molecule has 2 heteroatoms. The quantitative estimate of drug-likeness (QED) is 0.720. The van der Waals surface area contributed by atoms with E-state index in [-0.39, 0.29) is 0 Å². The Kier molecular flexibility index (Phi) is 4.02. The summed E-state index contributed by atoms with van der Waals surface area (Å²) >= 11 is 0. The highest BCUT2D eigenvalue weighted by atomic mass is 16.3. The van der Waals surface area contributed by atoms with Crippen LogP contribution in [0.3, 0.4) is 0 Å². The molecule has 1 saturated heterocycles. The van der Waals surface area contributed by atoms with Crippen molar-refractivity contribution in [2.45, 2.75) is 25.4 Å². The van der Waals surface area contributed by atoms with E-state index in [9.17, 15) is 5.11 Å². The Morgan fingerprint density at radius 1 is 0.826 bits per heavy atom. The van der Waals surface area contributed by atoms with Crippen molar-refractivity contribution in [2.75, 3.05) is 19.6 Å². The van der Waals surface area contributed by atoms with Crippen molar-refractivity contribution in [3.05, 3.63) is 60.2 Å². The van der Waals surface area contributed by atoms with Gasteiger partial charge >= 0.3 is 0 Å². The molecule has 1 aliphatic heterocycles. The number of nitrogens with zero attached hydrogens (tertiary/aromatic N) is 1. The number of hydrogen-bond donors (Lipinski definition) is 1. The van der Waals surface area contributed by atoms with E-state index < -0.39 is 6.10 Å². The Morgan fingerprint density at radius 3 is 2.43 bits per heavy atom. The Labute approximate surface area is 137 Å². The lowest BCUT2D eigenvalue weighted by molar-refractivity contribution is 0.102. The van der Waals surface area contributed by atoms with Crippen molar-refractivity contribution in [3.8, 4) is 0 Å². The highest BCUT2D eigenvalue weighted by Gasteiger charge is 2.16. The van der Waals surface area contributed by atoms with Crippen LogP contribution < -0.4 is 0 Å². The third-order valence-corrected chi connectivity index (χ3v) is 5.03. The summed E-state index contributed by atoms with van der Waals surface area (Å²) in [5.74, 6) is 0. The third kappa shape index (κ3) is 2.97. The fourth-order valence-corrected chi connectivity index (χ4v) is 3.73. The van der Waals surface area contributed by atoms with Crippen LogP contribution in [-0.4, -0.2) is 29.6 Å². The zero-order chi connectivity index (χ0) is 15.6. The van der Waals surface area contributed by atoms with E-state index in [1.807, 2.05) is 0 Å². The summed E-state index contributed by atoms with van der Waals surface area (Å²) in [6.45, 7) is 2.99. The third-order valence-electron chi connectivity index (χ3n) is 5.03. The molecule has 4 rings (SSSR count). The predicted octanol–water partition coefficient (Wildman–Crippen LogP) is 4.51. The minimum Gasteiger partial charge on any atom is -0.387 e. The second-order valence-electron chi connectivity index (χ2n) is 6.64. The molecule has 3 aromatic carbocycles. The first-order chi connectivity index (χ1) is 11.3. The Hall–Kier alpha value is -1.90. The molecule has 3 aromatic rings. The maximum atomic E-state index is 10.6. The summed E-state index contributed by atoms with van der Waals surface area (Å²) in [5, 5.41) is 15.6. The van der Waals surface area contributed by atoms with Gasteiger partial charge in [-0.3, -0.25) is 0 Å². The first kappa shape index (κ1) is 14.7. The molecular weight excluding hydrogens is 282 g/mol. The largest absolute Gasteiger partial charge is 0.387 e. The second kappa shape index (κ2) is 6.31. The van der Waals surface area contributed by atoms with Crippen LogP contribution in [0, 0.1) is 0 Å². The molecule has 0 saturated carbocycles. The Bertz CT molecular complexity index is 820. The number of piperidine rings is 1. The van der Waals surface area contributed by atoms with Gasteiger partial charge in [0.1, 0.15) is 0 Å². The van der Waals surface area contributed by atoms with Crippen LogP contribution in [0.25, 0.3) is 21.5 Å². The molecule has 1 heterocycles. The average Bonchev–Trinajstić information content (AvgIpc) is 2.62. The SMILES string of the molecule is OC(CN1CCCCC1)c1ccc2c(ccc3ccccc32)c1. The minimum atomic E-state index is -0.399. The molecule has 23 heavy (non-hydrogen) atoms. The molecule has 1 unspecified atom stereocenters. The van der Waals surface area contributed by atoms with E-state index in [2.05, 4.69) is 59.5 Å². The molecule has 0 radical (unpaired) electrons. The molecule has 1 aliphatic rings. The van der Waals surface area contributed by atoms with E-state index in [0.717, 1.165) is 25.2 Å². The van der Waals surface area contributed by atoms with Crippen LogP contribution >= 0.6 is 0 Å². The smallest absolute Gasteiger partial charge is 0.0917 e. The molecule has 1 N–H and O–H groups in total. The van der Waals surface area contributed by atoms with E-state index >= 15 is 0 Å². The molecule has 0 bridgehead atoms. The van der Waals surface area contributed by atoms with Crippen LogP contribution in [-0.2, 0) is 0 Å². The van der Waals surface area contributed by atoms with Gasteiger partial charge in [0.25, 0.3) is 0 Å². The van der Waals surface area contributed by atoms with E-state index in [4.69, 9.17) is 0 Å². The number of aliphatic hydroxyl groups excluding tert-OH is 1. The minimum absolute atomic E-state index is 0.399. The highest BCUT2D eigenvalue weighted by Crippen LogP contribution is 2.28. The maximum Gasteiger partial charge on any atom is 0.0917 e. The standard InChI is InChI=1S/C21H23NO/c23-21(15-22-12-4-1-5-13-22)18-10-11-20-17(14-18)9-8-16-6-2-3-7-19(16)20/h2-3,6-11,14,21,23H,1,4-5,12-13,15H2. The van der Waals surface area contributed by atoms with E-state index in [1.165, 1.54) is 40.8 Å². The van der Waals surface area contributed by atoms with Gasteiger partial charge in [-0.05, 0) is 59.1 Å². The molecule has 2 nitrogen and oxygen atoms in total. The maximum absolute atomic E-state index is 10.6. The van der Waals surface area contributed by atoms with Crippen molar-refractivity contribution < 1.29 is 5.11 Å². The molecule has 1 fully saturated rings. The average molecular weight is 305 g/mol. The summed E-state index contributed by atoms with van der Waals surface area (Å²) in [7, 11) is 0. The van der Waals surface area contributed by atoms with Gasteiger partial charge in [0, 0.05) is 6.54 Å². The normalized spacial score (nSPS) is 17.6. The van der Waals surface area contributed by atoms with Gasteiger partial charge in [0.05, 0.1) is 6.10 Å². The van der Waals surface area contributed by atoms with Crippen LogP contribution in [0.15, 0.2) is 54.6 Å². The number of β-amino-alcohol motifs (C(OH)–C–C–N with tert-alkyl or cyclic N) is 1. The van der Waals surface area contributed by atoms with Crippen molar-refractivity contribution in [1.82, 2.24) is 4.90 Å². The molecule has 0 amide bonds. The zero-order valence-corrected chi connectivity index (χ0v) is 13.4. The van der Waals surface area contributed by atoms with Gasteiger partial charge in [0.15, 0.2) is 0 Å². The lowest BCUT2D eigenvalue weighted by atomic mass is 9.98. The number of likely N-dealkylation sites (tertiary alicyclic amines) is 1. The highest BCUT2D eigenvalue weighted by molar-refractivity contribution is 6.07. The van der Waals surface area contributed by atoms with Crippen molar-refractivity contribution in [1.29, 1.82) is 0 Å². The lowest BCUT2D eigenvalue weighted by Gasteiger charge is -2.28. The fourth-order valence-electron chi connectivity index (χ4n) is 3.73. The first-order valence-corrected chi connectivity index (χ1v) is 8.63. The summed E-state index contributed by atoms with van der Waals surface area (Å²) in [6.07, 6.45) is 3.45. The van der Waals surface area contributed by atoms with Gasteiger partial charge in [-0.2, -0.15) is 0 Å². The number of fused-ring (bicyclic) bond motifs is 3. The van der Waals surface area contributed by atoms with Crippen molar-refractivity contribution in [3.63, 3.8) is 0 Å². The topological polar surface area (TPSA) is 23.5 Å². The van der Waals surface area contributed by atoms with Crippen LogP contribution in [0.1, 0.15) is 30.9 Å². The van der Waals surface area contributed by atoms with Crippen molar-refractivity contribution in [2.24, 2.45) is 0 Å². The first-order valence-electron chi connectivity index (χ1n) is 8.63. The molecule has 1 atom stereocenters. The van der Waals surface area contributed by atoms with Gasteiger partial charge in [-0.15, -0.1) is 0 Å². The van der Waals surface area contributed by atoms with Crippen molar-refractivity contribution >= 4 is 21.5 Å². The van der Waals surface area contributed by atoms with Gasteiger partial charge in [0.2, 0.25) is 0 Å². The number of hydrogen-bond acceptors (Lipinski definition) is 2. The van der Waals surface area contributed by atoms with Crippen LogP contribution in [0.4, 0.5) is 0 Å². The second-order valence-corrected chi connectivity index (χ2v) is 6.64.